The second-order valence-electron chi connectivity index (χ2n) is 5.13. The number of nitrogens with one attached hydrogen (secondary N) is 1. The van der Waals surface area contributed by atoms with Gasteiger partial charge in [-0.1, -0.05) is 37.3 Å². The maximum atomic E-state index is 11.6. The number of hydrogen-bond donors (Lipinski definition) is 2. The Bertz CT molecular complexity index is 436. The van der Waals surface area contributed by atoms with Crippen LogP contribution in [0.3, 0.4) is 0 Å². The minimum Gasteiger partial charge on any atom is -0.481 e. The summed E-state index contributed by atoms with van der Waals surface area (Å²) in [6.45, 7) is 2.50. The molecule has 0 saturated heterocycles. The van der Waals surface area contributed by atoms with Crippen molar-refractivity contribution in [2.75, 3.05) is 18.1 Å². The zero-order valence-electron chi connectivity index (χ0n) is 12.4. The van der Waals surface area contributed by atoms with E-state index in [9.17, 15) is 9.59 Å². The van der Waals surface area contributed by atoms with E-state index in [1.54, 1.807) is 11.8 Å². The molecule has 0 spiro atoms. The van der Waals surface area contributed by atoms with Gasteiger partial charge in [0.05, 0.1) is 5.75 Å². The quantitative estimate of drug-likeness (QED) is 0.652. The Morgan fingerprint density at radius 2 is 2.00 bits per heavy atom. The highest BCUT2D eigenvalue weighted by Crippen LogP contribution is 2.07. The summed E-state index contributed by atoms with van der Waals surface area (Å²) in [5.74, 6) is 0.809. The van der Waals surface area contributed by atoms with Crippen LogP contribution in [0.25, 0.3) is 0 Å². The lowest BCUT2D eigenvalue weighted by molar-refractivity contribution is -0.137. The van der Waals surface area contributed by atoms with Gasteiger partial charge < -0.3 is 10.4 Å². The van der Waals surface area contributed by atoms with Gasteiger partial charge in [0, 0.05) is 13.0 Å². The molecule has 0 heterocycles. The van der Waals surface area contributed by atoms with Gasteiger partial charge in [0.1, 0.15) is 0 Å². The van der Waals surface area contributed by atoms with Crippen LogP contribution in [-0.4, -0.2) is 35.0 Å². The first-order valence-electron chi connectivity index (χ1n) is 7.18. The highest BCUT2D eigenvalue weighted by atomic mass is 32.2. The molecule has 1 aromatic carbocycles. The number of carbonyl (C=O) groups excluding carboxylic acids is 1. The molecule has 1 unspecified atom stereocenters. The number of thioether (sulfide) groups is 1. The van der Waals surface area contributed by atoms with E-state index in [4.69, 9.17) is 5.11 Å². The summed E-state index contributed by atoms with van der Waals surface area (Å²) in [6.07, 6.45) is 1.72. The van der Waals surface area contributed by atoms with Crippen LogP contribution in [0, 0.1) is 5.92 Å². The van der Waals surface area contributed by atoms with Crippen LogP contribution >= 0.6 is 11.8 Å². The lowest BCUT2D eigenvalue weighted by atomic mass is 10.1. The Labute approximate surface area is 130 Å². The van der Waals surface area contributed by atoms with Crippen LogP contribution in [0.4, 0.5) is 0 Å². The maximum absolute atomic E-state index is 11.6. The predicted octanol–water partition coefficient (Wildman–Crippen LogP) is 2.58. The van der Waals surface area contributed by atoms with Crippen molar-refractivity contribution >= 4 is 23.6 Å². The third-order valence-corrected chi connectivity index (χ3v) is 4.07. The molecule has 0 fully saturated rings. The van der Waals surface area contributed by atoms with Gasteiger partial charge in [-0.2, -0.15) is 11.8 Å². The largest absolute Gasteiger partial charge is 0.481 e. The van der Waals surface area contributed by atoms with Gasteiger partial charge in [0.15, 0.2) is 0 Å². The summed E-state index contributed by atoms with van der Waals surface area (Å²) in [4.78, 5) is 22.1. The number of amides is 1. The number of rotatable bonds is 10. The molecule has 1 aromatic rings. The maximum Gasteiger partial charge on any atom is 0.303 e. The fraction of sp³-hybridized carbons (Fsp3) is 0.500. The molecule has 1 atom stereocenters. The molecule has 21 heavy (non-hydrogen) atoms. The van der Waals surface area contributed by atoms with Crippen LogP contribution in [0.5, 0.6) is 0 Å². The van der Waals surface area contributed by atoms with E-state index in [-0.39, 0.29) is 18.2 Å². The number of carbonyl (C=O) groups is 2. The van der Waals surface area contributed by atoms with Gasteiger partial charge in [-0.15, -0.1) is 0 Å². The van der Waals surface area contributed by atoms with Crippen molar-refractivity contribution in [1.82, 2.24) is 5.32 Å². The smallest absolute Gasteiger partial charge is 0.303 e. The van der Waals surface area contributed by atoms with Gasteiger partial charge >= 0.3 is 5.97 Å². The normalized spacial score (nSPS) is 11.9. The summed E-state index contributed by atoms with van der Waals surface area (Å²) in [7, 11) is 0. The molecule has 0 bridgehead atoms. The van der Waals surface area contributed by atoms with Crippen LogP contribution < -0.4 is 5.32 Å². The van der Waals surface area contributed by atoms with Crippen LogP contribution in [0.15, 0.2) is 30.3 Å². The molecule has 0 radical (unpaired) electrons. The van der Waals surface area contributed by atoms with Crippen molar-refractivity contribution in [2.45, 2.75) is 26.2 Å². The van der Waals surface area contributed by atoms with Crippen molar-refractivity contribution < 1.29 is 14.7 Å². The second kappa shape index (κ2) is 10.3. The van der Waals surface area contributed by atoms with Crippen LogP contribution in [0.1, 0.15) is 25.3 Å². The number of carboxylic acid groups (broad SMARTS) is 1. The monoisotopic (exact) mass is 309 g/mol. The first kappa shape index (κ1) is 17.6. The van der Waals surface area contributed by atoms with E-state index in [2.05, 4.69) is 17.4 Å². The lowest BCUT2D eigenvalue weighted by Gasteiger charge is -2.11. The molecule has 1 rings (SSSR count). The third kappa shape index (κ3) is 9.13. The number of hydrogen-bond acceptors (Lipinski definition) is 3. The summed E-state index contributed by atoms with van der Waals surface area (Å²) in [5.41, 5.74) is 1.28. The van der Waals surface area contributed by atoms with Crippen molar-refractivity contribution in [2.24, 2.45) is 5.92 Å². The molecule has 0 aromatic heterocycles. The standard InChI is InChI=1S/C16H23NO3S/c1-13(7-8-16(19)20)11-17-15(18)12-21-10-9-14-5-3-2-4-6-14/h2-6,13H,7-12H2,1H3,(H,17,18)(H,19,20). The summed E-state index contributed by atoms with van der Waals surface area (Å²) < 4.78 is 0. The summed E-state index contributed by atoms with van der Waals surface area (Å²) >= 11 is 1.62. The minimum atomic E-state index is -0.787. The lowest BCUT2D eigenvalue weighted by Crippen LogP contribution is -2.30. The SMILES string of the molecule is CC(CCC(=O)O)CNC(=O)CSCCc1ccccc1. The Kier molecular flexibility index (Phi) is 8.59. The van der Waals surface area contributed by atoms with Gasteiger partial charge in [-0.05, 0) is 30.1 Å². The Morgan fingerprint density at radius 1 is 1.29 bits per heavy atom. The minimum absolute atomic E-state index is 0.0234. The fourth-order valence-electron chi connectivity index (χ4n) is 1.81. The van der Waals surface area contributed by atoms with Crippen LogP contribution in [0.2, 0.25) is 0 Å². The topological polar surface area (TPSA) is 66.4 Å². The molecule has 4 nitrogen and oxygen atoms in total. The Balaban J connectivity index is 2.04. The van der Waals surface area contributed by atoms with E-state index in [1.165, 1.54) is 5.56 Å². The average Bonchev–Trinajstić information content (AvgIpc) is 2.48. The van der Waals surface area contributed by atoms with Crippen LogP contribution in [-0.2, 0) is 16.0 Å². The molecule has 1 amide bonds. The number of aliphatic carboxylic acids is 1. The van der Waals surface area contributed by atoms with Gasteiger partial charge in [0.2, 0.25) is 5.91 Å². The zero-order chi connectivity index (χ0) is 15.5. The average molecular weight is 309 g/mol. The summed E-state index contributed by atoms with van der Waals surface area (Å²) in [5, 5.41) is 11.4. The molecular weight excluding hydrogens is 286 g/mol. The molecule has 0 aliphatic heterocycles. The van der Waals surface area contributed by atoms with E-state index in [1.807, 2.05) is 25.1 Å². The fourth-order valence-corrected chi connectivity index (χ4v) is 2.62. The highest BCUT2D eigenvalue weighted by Gasteiger charge is 2.07. The highest BCUT2D eigenvalue weighted by molar-refractivity contribution is 7.99. The molecule has 5 heteroatoms. The van der Waals surface area contributed by atoms with Gasteiger partial charge in [0.25, 0.3) is 0 Å². The van der Waals surface area contributed by atoms with Crippen molar-refractivity contribution in [3.05, 3.63) is 35.9 Å². The predicted molar refractivity (Wildman–Crippen MR) is 86.5 cm³/mol. The van der Waals surface area contributed by atoms with Crippen molar-refractivity contribution in [1.29, 1.82) is 0 Å². The number of carboxylic acids is 1. The molecule has 0 aliphatic rings. The number of aryl methyl sites for hydroxylation is 1. The first-order valence-corrected chi connectivity index (χ1v) is 8.33. The third-order valence-electron chi connectivity index (χ3n) is 3.11. The number of benzene rings is 1. The molecule has 0 saturated carbocycles. The molecular formula is C16H23NO3S. The van der Waals surface area contributed by atoms with Gasteiger partial charge in [-0.25, -0.2) is 0 Å². The second-order valence-corrected chi connectivity index (χ2v) is 6.24. The summed E-state index contributed by atoms with van der Waals surface area (Å²) in [6, 6.07) is 10.2. The molecule has 116 valence electrons. The van der Waals surface area contributed by atoms with Crippen molar-refractivity contribution in [3.8, 4) is 0 Å². The Morgan fingerprint density at radius 3 is 2.67 bits per heavy atom. The molecule has 0 aliphatic carbocycles. The first-order chi connectivity index (χ1) is 10.1. The zero-order valence-corrected chi connectivity index (χ0v) is 13.2. The van der Waals surface area contributed by atoms with Gasteiger partial charge in [-0.3, -0.25) is 9.59 Å². The molecule has 2 N–H and O–H groups in total. The van der Waals surface area contributed by atoms with E-state index in [0.29, 0.717) is 18.7 Å². The van der Waals surface area contributed by atoms with E-state index in [0.717, 1.165) is 12.2 Å². The van der Waals surface area contributed by atoms with E-state index >= 15 is 0 Å². The van der Waals surface area contributed by atoms with E-state index < -0.39 is 5.97 Å². The van der Waals surface area contributed by atoms with Crippen molar-refractivity contribution in [3.63, 3.8) is 0 Å². The Hall–Kier alpha value is -1.49.